The summed E-state index contributed by atoms with van der Waals surface area (Å²) in [7, 11) is 0. The van der Waals surface area contributed by atoms with Crippen molar-refractivity contribution in [2.45, 2.75) is 31.3 Å². The first kappa shape index (κ1) is 23.9. The van der Waals surface area contributed by atoms with E-state index in [4.69, 9.17) is 10.5 Å². The highest BCUT2D eigenvalue weighted by molar-refractivity contribution is 5.95. The molecule has 6 nitrogen and oxygen atoms in total. The van der Waals surface area contributed by atoms with E-state index in [9.17, 15) is 23.5 Å². The molecule has 0 unspecified atom stereocenters. The molecule has 1 spiro atoms. The van der Waals surface area contributed by atoms with Crippen molar-refractivity contribution in [3.05, 3.63) is 94.0 Å². The molecule has 0 saturated carbocycles. The molecule has 2 heterocycles. The Balaban J connectivity index is 1.63. The molecule has 36 heavy (non-hydrogen) atoms. The second-order valence-electron chi connectivity index (χ2n) is 9.39. The molecule has 0 bridgehead atoms. The maximum atomic E-state index is 14.3. The number of benzene rings is 3. The number of fused-ring (bicyclic) bond motifs is 2. The second kappa shape index (κ2) is 9.02. The summed E-state index contributed by atoms with van der Waals surface area (Å²) in [6, 6.07) is 15.8. The summed E-state index contributed by atoms with van der Waals surface area (Å²) in [5.41, 5.74) is 9.55. The van der Waals surface area contributed by atoms with Crippen LogP contribution < -0.4 is 5.73 Å². The molecule has 1 saturated heterocycles. The topological polar surface area (TPSA) is 92.9 Å². The number of aryl methyl sites for hydroxylation is 1. The third-order valence-corrected chi connectivity index (χ3v) is 7.39. The molecule has 0 radical (unpaired) electrons. The zero-order chi connectivity index (χ0) is 25.6. The van der Waals surface area contributed by atoms with Crippen molar-refractivity contribution in [2.75, 3.05) is 19.6 Å². The van der Waals surface area contributed by atoms with Crippen molar-refractivity contribution < 1.29 is 28.2 Å². The average Bonchev–Trinajstić information content (AvgIpc) is 3.11. The van der Waals surface area contributed by atoms with Crippen molar-refractivity contribution in [1.29, 1.82) is 0 Å². The quantitative estimate of drug-likeness (QED) is 0.502. The molecule has 5 rings (SSSR count). The van der Waals surface area contributed by atoms with Crippen LogP contribution in [0.5, 0.6) is 0 Å². The highest BCUT2D eigenvalue weighted by Gasteiger charge is 2.55. The molecule has 1 fully saturated rings. The van der Waals surface area contributed by atoms with Gasteiger partial charge in [-0.1, -0.05) is 42.5 Å². The number of carboxylic acid groups (broad SMARTS) is 1. The molecule has 186 valence electrons. The third-order valence-electron chi connectivity index (χ3n) is 7.39. The monoisotopic (exact) mass is 492 g/mol. The number of halogens is 2. The fraction of sp³-hybridized carbons (Fsp3) is 0.286. The fourth-order valence-corrected chi connectivity index (χ4v) is 5.65. The van der Waals surface area contributed by atoms with E-state index in [0.717, 1.165) is 46.4 Å². The van der Waals surface area contributed by atoms with Crippen molar-refractivity contribution >= 4 is 12.1 Å². The number of amides is 1. The Kier molecular flexibility index (Phi) is 6.00. The number of rotatable bonds is 4. The minimum Gasteiger partial charge on any atom is -0.465 e. The van der Waals surface area contributed by atoms with Gasteiger partial charge in [0.25, 0.3) is 0 Å². The van der Waals surface area contributed by atoms with Gasteiger partial charge in [-0.15, -0.1) is 0 Å². The molecule has 1 amide bonds. The highest BCUT2D eigenvalue weighted by Crippen LogP contribution is 2.52. The van der Waals surface area contributed by atoms with Gasteiger partial charge in [0.1, 0.15) is 5.60 Å². The van der Waals surface area contributed by atoms with Crippen molar-refractivity contribution in [3.63, 3.8) is 0 Å². The summed E-state index contributed by atoms with van der Waals surface area (Å²) >= 11 is 0. The third kappa shape index (κ3) is 3.82. The standard InChI is InChI=1S/C28H26F2N2O4/c1-16-12-18(20-5-3-2-4-17(20)8-10-31)6-7-19(16)23-15-32(27(34)35)11-9-28(23)22-14-25(30)24(29)13-21(22)26(33)36-28/h2-7,12-14,23H,8-11,15,31H2,1H3,(H,34,35)/t23-,28+/m1/s1. The number of carbonyl (C=O) groups excluding carboxylic acids is 1. The summed E-state index contributed by atoms with van der Waals surface area (Å²) in [6.07, 6.45) is -0.228. The van der Waals surface area contributed by atoms with Crippen LogP contribution >= 0.6 is 0 Å². The van der Waals surface area contributed by atoms with Crippen LogP contribution in [0.25, 0.3) is 11.1 Å². The van der Waals surface area contributed by atoms with Crippen molar-refractivity contribution in [2.24, 2.45) is 5.73 Å². The first-order chi connectivity index (χ1) is 17.2. The molecule has 2 aliphatic rings. The summed E-state index contributed by atoms with van der Waals surface area (Å²) in [5, 5.41) is 9.70. The molecular formula is C28H26F2N2O4. The minimum absolute atomic E-state index is 0.0207. The van der Waals surface area contributed by atoms with Gasteiger partial charge < -0.3 is 20.5 Å². The Morgan fingerprint density at radius 3 is 2.61 bits per heavy atom. The number of piperidine rings is 1. The van der Waals surface area contributed by atoms with Gasteiger partial charge in [0, 0.05) is 31.0 Å². The summed E-state index contributed by atoms with van der Waals surface area (Å²) in [5.74, 6) is -3.54. The highest BCUT2D eigenvalue weighted by atomic mass is 19.2. The zero-order valence-corrected chi connectivity index (χ0v) is 19.8. The fourth-order valence-electron chi connectivity index (χ4n) is 5.65. The van der Waals surface area contributed by atoms with Crippen molar-refractivity contribution in [3.8, 4) is 11.1 Å². The molecule has 2 aliphatic heterocycles. The van der Waals surface area contributed by atoms with Gasteiger partial charge in [0.15, 0.2) is 11.6 Å². The van der Waals surface area contributed by atoms with E-state index >= 15 is 0 Å². The molecule has 0 aromatic heterocycles. The molecule has 0 aliphatic carbocycles. The SMILES string of the molecule is Cc1cc(-c2ccccc2CCN)ccc1[C@H]1CN(C(=O)O)CC[C@@]12OC(=O)c1cc(F)c(F)cc12. The van der Waals surface area contributed by atoms with Gasteiger partial charge in [-0.3, -0.25) is 0 Å². The van der Waals surface area contributed by atoms with E-state index in [0.29, 0.717) is 6.54 Å². The largest absolute Gasteiger partial charge is 0.465 e. The first-order valence-electron chi connectivity index (χ1n) is 11.8. The number of nitrogens with two attached hydrogens (primary N) is 1. The zero-order valence-electron chi connectivity index (χ0n) is 19.8. The van der Waals surface area contributed by atoms with Gasteiger partial charge >= 0.3 is 12.1 Å². The first-order valence-corrected chi connectivity index (χ1v) is 11.8. The van der Waals surface area contributed by atoms with Gasteiger partial charge in [-0.2, -0.15) is 0 Å². The Morgan fingerprint density at radius 1 is 1.14 bits per heavy atom. The van der Waals surface area contributed by atoms with Gasteiger partial charge in [0.05, 0.1) is 5.56 Å². The Bertz CT molecular complexity index is 1380. The Morgan fingerprint density at radius 2 is 1.89 bits per heavy atom. The second-order valence-corrected chi connectivity index (χ2v) is 9.39. The minimum atomic E-state index is -1.29. The van der Waals surface area contributed by atoms with Crippen LogP contribution in [0.1, 0.15) is 45.0 Å². The van der Waals surface area contributed by atoms with Crippen LogP contribution in [0.4, 0.5) is 13.6 Å². The van der Waals surface area contributed by atoms with Crippen molar-refractivity contribution in [1.82, 2.24) is 4.90 Å². The lowest BCUT2D eigenvalue weighted by molar-refractivity contribution is -0.0545. The predicted molar refractivity (Wildman–Crippen MR) is 130 cm³/mol. The number of likely N-dealkylation sites (tertiary alicyclic amines) is 1. The predicted octanol–water partition coefficient (Wildman–Crippen LogP) is 4.97. The number of nitrogens with zero attached hydrogens (tertiary/aromatic N) is 1. The molecule has 8 heteroatoms. The molecule has 3 aromatic carbocycles. The molecular weight excluding hydrogens is 466 g/mol. The summed E-state index contributed by atoms with van der Waals surface area (Å²) in [4.78, 5) is 25.9. The average molecular weight is 493 g/mol. The number of esters is 1. The number of carbonyl (C=O) groups is 2. The lowest BCUT2D eigenvalue weighted by Crippen LogP contribution is -2.50. The van der Waals surface area contributed by atoms with E-state index in [1.807, 2.05) is 49.4 Å². The molecule has 2 atom stereocenters. The van der Waals surface area contributed by atoms with E-state index in [2.05, 4.69) is 0 Å². The number of ether oxygens (including phenoxy) is 1. The Labute approximate surface area is 207 Å². The molecule has 3 aromatic rings. The number of hydrogen-bond acceptors (Lipinski definition) is 4. The summed E-state index contributed by atoms with van der Waals surface area (Å²) in [6.45, 7) is 2.58. The lowest BCUT2D eigenvalue weighted by Gasteiger charge is -2.44. The van der Waals surface area contributed by atoms with E-state index in [1.165, 1.54) is 4.90 Å². The van der Waals surface area contributed by atoms with E-state index < -0.39 is 35.2 Å². The van der Waals surface area contributed by atoms with Crippen LogP contribution in [0.2, 0.25) is 0 Å². The van der Waals surface area contributed by atoms with Gasteiger partial charge in [-0.05, 0) is 59.8 Å². The van der Waals surface area contributed by atoms with Crippen LogP contribution in [-0.2, 0) is 16.8 Å². The summed E-state index contributed by atoms with van der Waals surface area (Å²) < 4.78 is 34.2. The normalized spacial score (nSPS) is 20.9. The van der Waals surface area contributed by atoms with Crippen LogP contribution in [-0.4, -0.2) is 41.7 Å². The van der Waals surface area contributed by atoms with E-state index in [1.54, 1.807) is 0 Å². The van der Waals surface area contributed by atoms with Gasteiger partial charge in [0.2, 0.25) is 0 Å². The Hall–Kier alpha value is -3.78. The van der Waals surface area contributed by atoms with Crippen LogP contribution in [0, 0.1) is 18.6 Å². The number of hydrogen-bond donors (Lipinski definition) is 2. The van der Waals surface area contributed by atoms with E-state index in [-0.39, 0.29) is 30.6 Å². The van der Waals surface area contributed by atoms with Crippen LogP contribution in [0.3, 0.4) is 0 Å². The van der Waals surface area contributed by atoms with Gasteiger partial charge in [-0.25, -0.2) is 18.4 Å². The van der Waals surface area contributed by atoms with Crippen LogP contribution in [0.15, 0.2) is 54.6 Å². The molecule has 3 N–H and O–H groups in total. The smallest absolute Gasteiger partial charge is 0.407 e. The maximum Gasteiger partial charge on any atom is 0.407 e. The maximum absolute atomic E-state index is 14.3. The lowest BCUT2D eigenvalue weighted by atomic mass is 9.71.